The first-order valence-corrected chi connectivity index (χ1v) is 9.15. The zero-order chi connectivity index (χ0) is 20.3. The van der Waals surface area contributed by atoms with Gasteiger partial charge in [0.15, 0.2) is 11.6 Å². The molecule has 150 valence electrons. The first-order chi connectivity index (χ1) is 11.7. The molecule has 14 heteroatoms. The van der Waals surface area contributed by atoms with Gasteiger partial charge in [-0.2, -0.15) is 31.3 Å². The van der Waals surface area contributed by atoms with Crippen LogP contribution in [0.25, 0.3) is 0 Å². The van der Waals surface area contributed by atoms with Crippen molar-refractivity contribution in [2.24, 2.45) is 0 Å². The van der Waals surface area contributed by atoms with Crippen LogP contribution in [0.4, 0.5) is 36.6 Å². The van der Waals surface area contributed by atoms with Crippen LogP contribution in [0.5, 0.6) is 0 Å². The monoisotopic (exact) mass is 413 g/mol. The smallest absolute Gasteiger partial charge is 0.355 e. The van der Waals surface area contributed by atoms with Gasteiger partial charge in [-0.3, -0.25) is 4.57 Å². The van der Waals surface area contributed by atoms with Crippen LogP contribution >= 0.6 is 7.37 Å². The summed E-state index contributed by atoms with van der Waals surface area (Å²) >= 11 is 0. The van der Waals surface area contributed by atoms with Gasteiger partial charge in [0.05, 0.1) is 6.20 Å². The van der Waals surface area contributed by atoms with Crippen molar-refractivity contribution in [1.29, 1.82) is 0 Å². The van der Waals surface area contributed by atoms with E-state index in [2.05, 4.69) is 9.61 Å². The molecule has 0 aliphatic rings. The molecule has 0 atom stereocenters. The van der Waals surface area contributed by atoms with Crippen LogP contribution in [0.15, 0.2) is 11.0 Å². The van der Waals surface area contributed by atoms with E-state index in [0.29, 0.717) is 0 Å². The lowest BCUT2D eigenvalue weighted by Gasteiger charge is -2.23. The molecule has 0 fully saturated rings. The molecule has 0 spiro atoms. The van der Waals surface area contributed by atoms with E-state index in [1.165, 1.54) is 4.90 Å². The predicted octanol–water partition coefficient (Wildman–Crippen LogP) is 3.06. The zero-order valence-corrected chi connectivity index (χ0v) is 14.5. The lowest BCUT2D eigenvalue weighted by molar-refractivity contribution is -0.115. The van der Waals surface area contributed by atoms with E-state index in [-0.39, 0.29) is 24.0 Å². The van der Waals surface area contributed by atoms with Gasteiger partial charge < -0.3 is 9.52 Å². The number of nitrogens with zero attached hydrogens (tertiary/aromatic N) is 3. The molecule has 0 saturated carbocycles. The number of anilines is 1. The van der Waals surface area contributed by atoms with Crippen LogP contribution in [-0.2, 0) is 4.57 Å². The van der Waals surface area contributed by atoms with E-state index in [0.717, 1.165) is 0 Å². The Hall–Kier alpha value is -1.78. The molecule has 1 aromatic heterocycles. The van der Waals surface area contributed by atoms with Crippen LogP contribution in [0.3, 0.4) is 0 Å². The summed E-state index contributed by atoms with van der Waals surface area (Å²) in [5, 5.41) is 0. The number of aromatic nitrogens is 2. The molecule has 0 aliphatic heterocycles. The van der Waals surface area contributed by atoms with Crippen molar-refractivity contribution in [2.45, 2.75) is 26.2 Å². The second-order valence-electron chi connectivity index (χ2n) is 5.14. The molecule has 1 rings (SSSR count). The number of rotatable bonds is 7. The Balaban J connectivity index is 3.29. The minimum absolute atomic E-state index is 0.211. The van der Waals surface area contributed by atoms with Crippen LogP contribution in [-0.4, -0.2) is 47.5 Å². The van der Waals surface area contributed by atoms with Crippen molar-refractivity contribution in [3.8, 4) is 0 Å². The Bertz CT molecular complexity index is 708. The quantitative estimate of drug-likeness (QED) is 0.508. The van der Waals surface area contributed by atoms with Gasteiger partial charge in [-0.25, -0.2) is 9.18 Å². The van der Waals surface area contributed by atoms with Crippen molar-refractivity contribution in [1.82, 2.24) is 9.71 Å². The molecule has 6 nitrogen and oxygen atoms in total. The first-order valence-electron chi connectivity index (χ1n) is 7.15. The summed E-state index contributed by atoms with van der Waals surface area (Å²) in [5.74, 6) is -1.69. The van der Waals surface area contributed by atoms with Gasteiger partial charge >= 0.3 is 18.0 Å². The molecule has 0 radical (unpaired) electrons. The SMILES string of the molecule is CCN(CC)c1nc(=O)n(OP(=O)(CC(F)(F)F)CC(F)(F)F)cc1F. The van der Waals surface area contributed by atoms with Gasteiger partial charge in [-0.05, 0) is 13.8 Å². The third-order valence-corrected chi connectivity index (χ3v) is 5.13. The first kappa shape index (κ1) is 22.3. The Morgan fingerprint density at radius 1 is 1.12 bits per heavy atom. The lowest BCUT2D eigenvalue weighted by atomic mass is 10.4. The summed E-state index contributed by atoms with van der Waals surface area (Å²) in [5.41, 5.74) is -1.50. The van der Waals surface area contributed by atoms with Gasteiger partial charge in [-0.1, -0.05) is 0 Å². The summed E-state index contributed by atoms with van der Waals surface area (Å²) in [7, 11) is -5.49. The molecular formula is C12H15F7N3O3P. The fourth-order valence-electron chi connectivity index (χ4n) is 2.03. The van der Waals surface area contributed by atoms with Crippen molar-refractivity contribution >= 4 is 13.2 Å². The van der Waals surface area contributed by atoms with Gasteiger partial charge in [0.1, 0.15) is 12.3 Å². The minimum atomic E-state index is -5.49. The summed E-state index contributed by atoms with van der Waals surface area (Å²) in [4.78, 5) is 16.3. The van der Waals surface area contributed by atoms with Gasteiger partial charge in [0.25, 0.3) is 7.37 Å². The molecular weight excluding hydrogens is 398 g/mol. The Morgan fingerprint density at radius 3 is 1.96 bits per heavy atom. The molecule has 0 N–H and O–H groups in total. The molecule has 26 heavy (non-hydrogen) atoms. The lowest BCUT2D eigenvalue weighted by Crippen LogP contribution is -2.35. The number of hydrogen-bond acceptors (Lipinski definition) is 5. The van der Waals surface area contributed by atoms with Crippen molar-refractivity contribution in [2.75, 3.05) is 30.3 Å². The second-order valence-corrected chi connectivity index (χ2v) is 7.56. The molecule has 1 heterocycles. The summed E-state index contributed by atoms with van der Waals surface area (Å²) < 4.78 is 105. The zero-order valence-electron chi connectivity index (χ0n) is 13.6. The third kappa shape index (κ3) is 6.50. The van der Waals surface area contributed by atoms with Crippen molar-refractivity contribution in [3.63, 3.8) is 0 Å². The third-order valence-electron chi connectivity index (χ3n) is 2.97. The average molecular weight is 413 g/mol. The van der Waals surface area contributed by atoms with Gasteiger partial charge in [0.2, 0.25) is 0 Å². The molecule has 0 amide bonds. The largest absolute Gasteiger partial charge is 0.399 e. The highest BCUT2D eigenvalue weighted by Gasteiger charge is 2.48. The molecule has 1 aromatic rings. The van der Waals surface area contributed by atoms with E-state index >= 15 is 0 Å². The molecule has 0 aliphatic carbocycles. The Labute approximate surface area is 143 Å². The fourth-order valence-corrected chi connectivity index (χ4v) is 3.79. The topological polar surface area (TPSA) is 64.4 Å². The van der Waals surface area contributed by atoms with Gasteiger partial charge in [0, 0.05) is 13.1 Å². The van der Waals surface area contributed by atoms with E-state index < -0.39 is 49.4 Å². The summed E-state index contributed by atoms with van der Waals surface area (Å²) in [6.45, 7) is 3.66. The molecule has 0 bridgehead atoms. The Kier molecular flexibility index (Phi) is 6.72. The van der Waals surface area contributed by atoms with Crippen molar-refractivity contribution in [3.05, 3.63) is 22.5 Å². The predicted molar refractivity (Wildman–Crippen MR) is 78.0 cm³/mol. The molecule has 0 saturated heterocycles. The second kappa shape index (κ2) is 7.85. The Morgan fingerprint density at radius 2 is 1.58 bits per heavy atom. The highest BCUT2D eigenvalue weighted by Crippen LogP contribution is 2.51. The standard InChI is InChI=1S/C12H15F7N3O3P/c1-3-21(4-2)9-8(13)5-22(10(23)20-9)25-26(24,6-11(14,15)16)7-12(17,18)19/h5H,3-4,6-7H2,1-2H3. The van der Waals surface area contributed by atoms with E-state index in [4.69, 9.17) is 0 Å². The molecule has 0 unspecified atom stereocenters. The van der Waals surface area contributed by atoms with Crippen LogP contribution in [0, 0.1) is 5.82 Å². The highest BCUT2D eigenvalue weighted by atomic mass is 31.2. The maximum Gasteiger partial charge on any atom is 0.399 e. The maximum atomic E-state index is 14.0. The highest BCUT2D eigenvalue weighted by molar-refractivity contribution is 7.59. The van der Waals surface area contributed by atoms with Gasteiger partial charge in [-0.15, -0.1) is 4.73 Å². The summed E-state index contributed by atoms with van der Waals surface area (Å²) in [6.07, 6.45) is -15.2. The normalized spacial score (nSPS) is 13.0. The van der Waals surface area contributed by atoms with E-state index in [1.807, 2.05) is 0 Å². The van der Waals surface area contributed by atoms with Crippen LogP contribution < -0.4 is 15.2 Å². The van der Waals surface area contributed by atoms with Crippen LogP contribution in [0.1, 0.15) is 13.8 Å². The van der Waals surface area contributed by atoms with Crippen LogP contribution in [0.2, 0.25) is 0 Å². The fraction of sp³-hybridized carbons (Fsp3) is 0.667. The maximum absolute atomic E-state index is 14.0. The average Bonchev–Trinajstić information content (AvgIpc) is 2.40. The summed E-state index contributed by atoms with van der Waals surface area (Å²) in [6, 6.07) is 0. The number of alkyl halides is 6. The number of halogens is 7. The molecule has 0 aromatic carbocycles. The van der Waals surface area contributed by atoms with E-state index in [1.54, 1.807) is 13.8 Å². The van der Waals surface area contributed by atoms with Crippen molar-refractivity contribution < 1.29 is 39.9 Å². The minimum Gasteiger partial charge on any atom is -0.355 e. The van der Waals surface area contributed by atoms with E-state index in [9.17, 15) is 40.1 Å². The number of hydrogen-bond donors (Lipinski definition) is 0.